The van der Waals surface area contributed by atoms with Crippen LogP contribution in [0, 0.1) is 11.3 Å². The van der Waals surface area contributed by atoms with Crippen LogP contribution in [0.15, 0.2) is 0 Å². The lowest BCUT2D eigenvalue weighted by atomic mass is 10.4. The standard InChI is InChI=1S/C10H18N4O2/c1-8(2)14-10(16)7-12-6-9(15)13-5-3-4-11/h8,12H,3,5-7H2,1-2H3,(H,13,15)(H,14,16). The van der Waals surface area contributed by atoms with Crippen molar-refractivity contribution in [3.05, 3.63) is 0 Å². The van der Waals surface area contributed by atoms with Gasteiger partial charge in [0.25, 0.3) is 0 Å². The fourth-order valence-corrected chi connectivity index (χ4v) is 0.983. The first-order chi connectivity index (χ1) is 7.56. The highest BCUT2D eigenvalue weighted by molar-refractivity contribution is 5.81. The fraction of sp³-hybridized carbons (Fsp3) is 0.700. The summed E-state index contributed by atoms with van der Waals surface area (Å²) in [6.45, 7) is 4.27. The third kappa shape index (κ3) is 8.97. The summed E-state index contributed by atoms with van der Waals surface area (Å²) < 4.78 is 0. The monoisotopic (exact) mass is 226 g/mol. The molecule has 0 saturated heterocycles. The highest BCUT2D eigenvalue weighted by atomic mass is 16.2. The predicted molar refractivity (Wildman–Crippen MR) is 59.4 cm³/mol. The van der Waals surface area contributed by atoms with E-state index in [-0.39, 0.29) is 30.9 Å². The number of hydrogen-bond acceptors (Lipinski definition) is 4. The molecule has 0 bridgehead atoms. The second-order valence-corrected chi connectivity index (χ2v) is 3.58. The maximum absolute atomic E-state index is 11.1. The van der Waals surface area contributed by atoms with E-state index in [1.165, 1.54) is 0 Å². The van der Waals surface area contributed by atoms with E-state index < -0.39 is 0 Å². The lowest BCUT2D eigenvalue weighted by Crippen LogP contribution is -2.41. The number of nitriles is 1. The van der Waals surface area contributed by atoms with Gasteiger partial charge in [0.2, 0.25) is 11.8 Å². The Balaban J connectivity index is 3.47. The van der Waals surface area contributed by atoms with Crippen molar-refractivity contribution in [2.75, 3.05) is 19.6 Å². The second kappa shape index (κ2) is 8.68. The zero-order valence-electron chi connectivity index (χ0n) is 9.67. The predicted octanol–water partition coefficient (Wildman–Crippen LogP) is -0.870. The number of rotatable bonds is 7. The summed E-state index contributed by atoms with van der Waals surface area (Å²) in [7, 11) is 0. The zero-order valence-corrected chi connectivity index (χ0v) is 9.67. The van der Waals surface area contributed by atoms with E-state index in [9.17, 15) is 9.59 Å². The van der Waals surface area contributed by atoms with E-state index in [4.69, 9.17) is 5.26 Å². The normalized spacial score (nSPS) is 9.62. The molecule has 2 amide bonds. The maximum atomic E-state index is 11.1. The summed E-state index contributed by atoms with van der Waals surface area (Å²) in [4.78, 5) is 22.3. The molecule has 0 aromatic rings. The zero-order chi connectivity index (χ0) is 12.4. The topological polar surface area (TPSA) is 94.0 Å². The highest BCUT2D eigenvalue weighted by Gasteiger charge is 2.04. The Bertz CT molecular complexity index is 270. The van der Waals surface area contributed by atoms with Crippen LogP contribution in [0.1, 0.15) is 20.3 Å². The van der Waals surface area contributed by atoms with Crippen LogP contribution in [0.2, 0.25) is 0 Å². The van der Waals surface area contributed by atoms with Gasteiger partial charge < -0.3 is 10.6 Å². The van der Waals surface area contributed by atoms with Crippen LogP contribution in [0.25, 0.3) is 0 Å². The molecule has 0 atom stereocenters. The van der Waals surface area contributed by atoms with Crippen molar-refractivity contribution in [1.82, 2.24) is 16.0 Å². The number of hydrogen-bond donors (Lipinski definition) is 3. The summed E-state index contributed by atoms with van der Waals surface area (Å²) in [6.07, 6.45) is 0.291. The molecule has 6 heteroatoms. The van der Waals surface area contributed by atoms with Gasteiger partial charge in [-0.25, -0.2) is 0 Å². The maximum Gasteiger partial charge on any atom is 0.234 e. The van der Waals surface area contributed by atoms with Crippen molar-refractivity contribution in [3.8, 4) is 6.07 Å². The van der Waals surface area contributed by atoms with Gasteiger partial charge in [-0.15, -0.1) is 0 Å². The first-order valence-corrected chi connectivity index (χ1v) is 5.20. The molecule has 0 rings (SSSR count). The van der Waals surface area contributed by atoms with E-state index in [1.54, 1.807) is 0 Å². The van der Waals surface area contributed by atoms with Gasteiger partial charge in [-0.2, -0.15) is 5.26 Å². The molecule has 6 nitrogen and oxygen atoms in total. The molecule has 0 unspecified atom stereocenters. The van der Waals surface area contributed by atoms with Crippen LogP contribution in [-0.2, 0) is 9.59 Å². The Hall–Kier alpha value is -1.61. The molecule has 90 valence electrons. The first-order valence-electron chi connectivity index (χ1n) is 5.20. The molecule has 0 aliphatic carbocycles. The van der Waals surface area contributed by atoms with Gasteiger partial charge in [0.05, 0.1) is 25.6 Å². The molecule has 0 aliphatic rings. The van der Waals surface area contributed by atoms with Gasteiger partial charge in [-0.3, -0.25) is 14.9 Å². The summed E-state index contributed by atoms with van der Waals surface area (Å²) in [5, 5.41) is 16.2. The summed E-state index contributed by atoms with van der Waals surface area (Å²) in [5.74, 6) is -0.354. The van der Waals surface area contributed by atoms with E-state index >= 15 is 0 Å². The fourth-order valence-electron chi connectivity index (χ4n) is 0.983. The molecule has 0 heterocycles. The Morgan fingerprint density at radius 3 is 2.44 bits per heavy atom. The minimum Gasteiger partial charge on any atom is -0.354 e. The molecule has 0 fully saturated rings. The Labute approximate surface area is 95.4 Å². The highest BCUT2D eigenvalue weighted by Crippen LogP contribution is 1.76. The largest absolute Gasteiger partial charge is 0.354 e. The SMILES string of the molecule is CC(C)NC(=O)CNCC(=O)NCCC#N. The van der Waals surface area contributed by atoms with Crippen LogP contribution in [0.5, 0.6) is 0 Å². The van der Waals surface area contributed by atoms with Crippen molar-refractivity contribution in [1.29, 1.82) is 5.26 Å². The van der Waals surface area contributed by atoms with Crippen molar-refractivity contribution < 1.29 is 9.59 Å². The van der Waals surface area contributed by atoms with E-state index in [0.29, 0.717) is 13.0 Å². The van der Waals surface area contributed by atoms with Gasteiger partial charge >= 0.3 is 0 Å². The minimum absolute atomic E-state index is 0.0803. The quantitative estimate of drug-likeness (QED) is 0.492. The number of carbonyl (C=O) groups excluding carboxylic acids is 2. The van der Waals surface area contributed by atoms with Crippen LogP contribution >= 0.6 is 0 Å². The third-order valence-electron chi connectivity index (χ3n) is 1.58. The molecule has 3 N–H and O–H groups in total. The molecule has 0 spiro atoms. The summed E-state index contributed by atoms with van der Waals surface area (Å²) in [5.41, 5.74) is 0. The van der Waals surface area contributed by atoms with Crippen molar-refractivity contribution in [3.63, 3.8) is 0 Å². The average molecular weight is 226 g/mol. The van der Waals surface area contributed by atoms with Gasteiger partial charge in [-0.05, 0) is 13.8 Å². The minimum atomic E-state index is -0.215. The summed E-state index contributed by atoms with van der Waals surface area (Å²) >= 11 is 0. The molecule has 0 aromatic carbocycles. The van der Waals surface area contributed by atoms with Crippen LogP contribution in [0.4, 0.5) is 0 Å². The average Bonchev–Trinajstić information content (AvgIpc) is 2.17. The van der Waals surface area contributed by atoms with Gasteiger partial charge in [0.15, 0.2) is 0 Å². The van der Waals surface area contributed by atoms with Crippen LogP contribution in [0.3, 0.4) is 0 Å². The first kappa shape index (κ1) is 14.4. The number of nitrogens with one attached hydrogen (secondary N) is 3. The smallest absolute Gasteiger partial charge is 0.234 e. The van der Waals surface area contributed by atoms with Crippen molar-refractivity contribution in [2.24, 2.45) is 0 Å². The van der Waals surface area contributed by atoms with Crippen molar-refractivity contribution >= 4 is 11.8 Å². The molecular weight excluding hydrogens is 208 g/mol. The molecule has 0 aliphatic heterocycles. The lowest BCUT2D eigenvalue weighted by molar-refractivity contribution is -0.121. The Morgan fingerprint density at radius 2 is 1.88 bits per heavy atom. The number of nitrogens with zero attached hydrogens (tertiary/aromatic N) is 1. The second-order valence-electron chi connectivity index (χ2n) is 3.58. The van der Waals surface area contributed by atoms with E-state index in [1.807, 2.05) is 19.9 Å². The summed E-state index contributed by atoms with van der Waals surface area (Å²) in [6, 6.07) is 2.02. The molecular formula is C10H18N4O2. The molecule has 0 aromatic heterocycles. The van der Waals surface area contributed by atoms with Crippen LogP contribution < -0.4 is 16.0 Å². The van der Waals surface area contributed by atoms with E-state index in [2.05, 4.69) is 16.0 Å². The lowest BCUT2D eigenvalue weighted by Gasteiger charge is -2.09. The number of carbonyl (C=O) groups is 2. The third-order valence-corrected chi connectivity index (χ3v) is 1.58. The van der Waals surface area contributed by atoms with Gasteiger partial charge in [0, 0.05) is 12.6 Å². The molecule has 0 radical (unpaired) electrons. The molecule has 0 saturated carbocycles. The Kier molecular flexibility index (Phi) is 7.81. The van der Waals surface area contributed by atoms with Gasteiger partial charge in [0.1, 0.15) is 0 Å². The number of amides is 2. The van der Waals surface area contributed by atoms with Crippen molar-refractivity contribution in [2.45, 2.75) is 26.3 Å². The van der Waals surface area contributed by atoms with Gasteiger partial charge in [-0.1, -0.05) is 0 Å². The molecule has 16 heavy (non-hydrogen) atoms. The van der Waals surface area contributed by atoms with Crippen LogP contribution in [-0.4, -0.2) is 37.5 Å². The Morgan fingerprint density at radius 1 is 1.25 bits per heavy atom. The van der Waals surface area contributed by atoms with E-state index in [0.717, 1.165) is 0 Å².